The van der Waals surface area contributed by atoms with Gasteiger partial charge in [-0.25, -0.2) is 0 Å². The molecule has 0 aliphatic rings. The van der Waals surface area contributed by atoms with Gasteiger partial charge in [-0.3, -0.25) is 0 Å². The van der Waals surface area contributed by atoms with Gasteiger partial charge in [-0.15, -0.1) is 0 Å². The van der Waals surface area contributed by atoms with Crippen molar-refractivity contribution in [2.24, 2.45) is 0 Å². The zero-order valence-electron chi connectivity index (χ0n) is 16.7. The SMILES string of the molecule is CCCC(NCc1cccc(OC)c1OCc1ccccc1)c1ccccc1. The van der Waals surface area contributed by atoms with E-state index in [-0.39, 0.29) is 0 Å². The molecule has 3 rings (SSSR count). The van der Waals surface area contributed by atoms with Crippen LogP contribution in [0.1, 0.15) is 42.5 Å². The van der Waals surface area contributed by atoms with Gasteiger partial charge in [-0.1, -0.05) is 86.1 Å². The molecular formula is C25H29NO2. The molecule has 0 aromatic heterocycles. The fourth-order valence-corrected chi connectivity index (χ4v) is 3.35. The zero-order chi connectivity index (χ0) is 19.6. The Balaban J connectivity index is 1.75. The van der Waals surface area contributed by atoms with Crippen molar-refractivity contribution in [2.75, 3.05) is 7.11 Å². The molecule has 0 saturated heterocycles. The molecule has 146 valence electrons. The van der Waals surface area contributed by atoms with Crippen LogP contribution in [0.2, 0.25) is 0 Å². The normalized spacial score (nSPS) is 11.8. The highest BCUT2D eigenvalue weighted by Gasteiger charge is 2.14. The minimum Gasteiger partial charge on any atom is -0.493 e. The van der Waals surface area contributed by atoms with E-state index in [2.05, 4.69) is 60.8 Å². The van der Waals surface area contributed by atoms with Crippen LogP contribution >= 0.6 is 0 Å². The summed E-state index contributed by atoms with van der Waals surface area (Å²) in [6, 6.07) is 27.2. The van der Waals surface area contributed by atoms with Crippen LogP contribution in [0.5, 0.6) is 11.5 Å². The molecule has 0 bridgehead atoms. The van der Waals surface area contributed by atoms with Crippen LogP contribution in [0, 0.1) is 0 Å². The van der Waals surface area contributed by atoms with Crippen LogP contribution in [0.3, 0.4) is 0 Å². The minimum absolute atomic E-state index is 0.319. The van der Waals surface area contributed by atoms with Crippen LogP contribution in [-0.2, 0) is 13.2 Å². The maximum absolute atomic E-state index is 6.18. The maximum Gasteiger partial charge on any atom is 0.166 e. The molecule has 0 heterocycles. The quantitative estimate of drug-likeness (QED) is 0.478. The lowest BCUT2D eigenvalue weighted by atomic mass is 10.0. The molecule has 0 aliphatic heterocycles. The molecule has 1 N–H and O–H groups in total. The third-order valence-electron chi connectivity index (χ3n) is 4.82. The number of hydrogen-bond donors (Lipinski definition) is 1. The first-order chi connectivity index (χ1) is 13.8. The van der Waals surface area contributed by atoms with Crippen LogP contribution in [-0.4, -0.2) is 7.11 Å². The Hall–Kier alpha value is -2.78. The average Bonchev–Trinajstić information content (AvgIpc) is 2.76. The van der Waals surface area contributed by atoms with E-state index in [1.54, 1.807) is 7.11 Å². The third kappa shape index (κ3) is 5.37. The van der Waals surface area contributed by atoms with Crippen molar-refractivity contribution in [2.45, 2.75) is 39.0 Å². The van der Waals surface area contributed by atoms with Crippen LogP contribution < -0.4 is 14.8 Å². The van der Waals surface area contributed by atoms with Crippen LogP contribution in [0.25, 0.3) is 0 Å². The largest absolute Gasteiger partial charge is 0.493 e. The van der Waals surface area contributed by atoms with Gasteiger partial charge in [0.1, 0.15) is 6.61 Å². The van der Waals surface area contributed by atoms with Gasteiger partial charge < -0.3 is 14.8 Å². The van der Waals surface area contributed by atoms with E-state index in [1.165, 1.54) is 5.56 Å². The first-order valence-corrected chi connectivity index (χ1v) is 9.92. The van der Waals surface area contributed by atoms with Crippen molar-refractivity contribution in [1.82, 2.24) is 5.32 Å². The minimum atomic E-state index is 0.319. The predicted octanol–water partition coefficient (Wildman–Crippen LogP) is 5.91. The lowest BCUT2D eigenvalue weighted by Crippen LogP contribution is -2.21. The summed E-state index contributed by atoms with van der Waals surface area (Å²) in [5.41, 5.74) is 3.56. The van der Waals surface area contributed by atoms with Gasteiger partial charge in [0.15, 0.2) is 11.5 Å². The number of ether oxygens (including phenoxy) is 2. The molecule has 3 nitrogen and oxygen atoms in total. The van der Waals surface area contributed by atoms with E-state index in [0.29, 0.717) is 12.6 Å². The lowest BCUT2D eigenvalue weighted by Gasteiger charge is -2.21. The summed E-state index contributed by atoms with van der Waals surface area (Å²) in [6.07, 6.45) is 2.22. The third-order valence-corrected chi connectivity index (χ3v) is 4.82. The standard InChI is InChI=1S/C25H29NO2/c1-3-11-23(21-14-8-5-9-15-21)26-18-22-16-10-17-24(27-2)25(22)28-19-20-12-6-4-7-13-20/h4-10,12-17,23,26H,3,11,18-19H2,1-2H3. The molecule has 0 amide bonds. The van der Waals surface area contributed by atoms with Gasteiger partial charge in [0, 0.05) is 18.2 Å². The molecule has 3 aromatic rings. The molecule has 0 spiro atoms. The van der Waals surface area contributed by atoms with Gasteiger partial charge in [-0.05, 0) is 23.6 Å². The first-order valence-electron chi connectivity index (χ1n) is 9.92. The van der Waals surface area contributed by atoms with Gasteiger partial charge in [-0.2, -0.15) is 0 Å². The van der Waals surface area contributed by atoms with Gasteiger partial charge in [0.05, 0.1) is 7.11 Å². The second-order valence-electron chi connectivity index (χ2n) is 6.86. The summed E-state index contributed by atoms with van der Waals surface area (Å²) in [5.74, 6) is 1.58. The van der Waals surface area contributed by atoms with E-state index in [0.717, 1.165) is 42.0 Å². The molecule has 1 unspecified atom stereocenters. The van der Waals surface area contributed by atoms with E-state index < -0.39 is 0 Å². The Morgan fingerprint density at radius 3 is 2.25 bits per heavy atom. The Bertz CT molecular complexity index is 834. The highest BCUT2D eigenvalue weighted by Crippen LogP contribution is 2.32. The highest BCUT2D eigenvalue weighted by molar-refractivity contribution is 5.46. The van der Waals surface area contributed by atoms with Gasteiger partial charge in [0.25, 0.3) is 0 Å². The summed E-state index contributed by atoms with van der Waals surface area (Å²) >= 11 is 0. The molecule has 0 radical (unpaired) electrons. The molecule has 3 aromatic carbocycles. The number of methoxy groups -OCH3 is 1. The van der Waals surface area contributed by atoms with Crippen LogP contribution in [0.15, 0.2) is 78.9 Å². The molecule has 3 heteroatoms. The fourth-order valence-electron chi connectivity index (χ4n) is 3.35. The van der Waals surface area contributed by atoms with Crippen molar-refractivity contribution >= 4 is 0 Å². The number of para-hydroxylation sites is 1. The molecule has 0 saturated carbocycles. The van der Waals surface area contributed by atoms with Crippen molar-refractivity contribution in [3.8, 4) is 11.5 Å². The molecular weight excluding hydrogens is 346 g/mol. The second-order valence-corrected chi connectivity index (χ2v) is 6.86. The topological polar surface area (TPSA) is 30.5 Å². The summed E-state index contributed by atoms with van der Waals surface area (Å²) in [7, 11) is 1.69. The van der Waals surface area contributed by atoms with Crippen molar-refractivity contribution in [3.05, 3.63) is 95.6 Å². The van der Waals surface area contributed by atoms with Crippen molar-refractivity contribution in [3.63, 3.8) is 0 Å². The molecule has 0 fully saturated rings. The Labute approximate surface area is 168 Å². The smallest absolute Gasteiger partial charge is 0.166 e. The number of rotatable bonds is 10. The Morgan fingerprint density at radius 2 is 1.57 bits per heavy atom. The predicted molar refractivity (Wildman–Crippen MR) is 115 cm³/mol. The molecule has 28 heavy (non-hydrogen) atoms. The average molecular weight is 376 g/mol. The monoisotopic (exact) mass is 375 g/mol. The summed E-state index contributed by atoms with van der Waals surface area (Å²) in [6.45, 7) is 3.46. The summed E-state index contributed by atoms with van der Waals surface area (Å²) < 4.78 is 11.7. The van der Waals surface area contributed by atoms with Gasteiger partial charge in [0.2, 0.25) is 0 Å². The summed E-state index contributed by atoms with van der Waals surface area (Å²) in [5, 5.41) is 3.71. The van der Waals surface area contributed by atoms with E-state index in [4.69, 9.17) is 9.47 Å². The van der Waals surface area contributed by atoms with E-state index >= 15 is 0 Å². The fraction of sp³-hybridized carbons (Fsp3) is 0.280. The Kier molecular flexibility index (Phi) is 7.51. The number of hydrogen-bond acceptors (Lipinski definition) is 3. The lowest BCUT2D eigenvalue weighted by molar-refractivity contribution is 0.280. The highest BCUT2D eigenvalue weighted by atomic mass is 16.5. The molecule has 0 aliphatic carbocycles. The van der Waals surface area contributed by atoms with E-state index in [1.807, 2.05) is 30.3 Å². The molecule has 1 atom stereocenters. The number of nitrogens with one attached hydrogen (secondary N) is 1. The zero-order valence-corrected chi connectivity index (χ0v) is 16.7. The maximum atomic E-state index is 6.18. The van der Waals surface area contributed by atoms with Crippen molar-refractivity contribution < 1.29 is 9.47 Å². The number of benzene rings is 3. The van der Waals surface area contributed by atoms with E-state index in [9.17, 15) is 0 Å². The van der Waals surface area contributed by atoms with Gasteiger partial charge >= 0.3 is 0 Å². The summed E-state index contributed by atoms with van der Waals surface area (Å²) in [4.78, 5) is 0. The first kappa shape index (κ1) is 20.0. The van der Waals surface area contributed by atoms with Crippen molar-refractivity contribution in [1.29, 1.82) is 0 Å². The second kappa shape index (κ2) is 10.5. The van der Waals surface area contributed by atoms with Crippen LogP contribution in [0.4, 0.5) is 0 Å². The Morgan fingerprint density at radius 1 is 0.857 bits per heavy atom.